The number of halogens is 1. The average Bonchev–Trinajstić information content (AvgIpc) is 3.13. The molecule has 2 aromatic carbocycles. The van der Waals surface area contributed by atoms with Gasteiger partial charge in [-0.3, -0.25) is 4.79 Å². The van der Waals surface area contributed by atoms with Crippen LogP contribution in [0, 0.1) is 6.92 Å². The maximum absolute atomic E-state index is 12.1. The van der Waals surface area contributed by atoms with Crippen molar-refractivity contribution < 1.29 is 4.79 Å². The van der Waals surface area contributed by atoms with Crippen LogP contribution in [0.25, 0.3) is 5.69 Å². The van der Waals surface area contributed by atoms with Gasteiger partial charge < -0.3 is 5.32 Å². The number of thioether (sulfide) groups is 1. The van der Waals surface area contributed by atoms with E-state index in [9.17, 15) is 4.79 Å². The Morgan fingerprint density at radius 2 is 2.04 bits per heavy atom. The van der Waals surface area contributed by atoms with E-state index >= 15 is 0 Å². The number of rotatable bonds is 6. The van der Waals surface area contributed by atoms with Crippen LogP contribution in [0.4, 0.5) is 5.69 Å². The summed E-state index contributed by atoms with van der Waals surface area (Å²) < 4.78 is 1.57. The van der Waals surface area contributed by atoms with Crippen molar-refractivity contribution in [2.24, 2.45) is 0 Å². The molecule has 0 aliphatic rings. The predicted molar refractivity (Wildman–Crippen MR) is 99.3 cm³/mol. The molecule has 0 radical (unpaired) electrons. The molecule has 0 saturated carbocycles. The molecule has 1 heterocycles. The fourth-order valence-electron chi connectivity index (χ4n) is 2.22. The van der Waals surface area contributed by atoms with E-state index < -0.39 is 0 Å². The molecule has 25 heavy (non-hydrogen) atoms. The number of amides is 1. The average molecular weight is 374 g/mol. The summed E-state index contributed by atoms with van der Waals surface area (Å²) in [7, 11) is 0. The Morgan fingerprint density at radius 1 is 1.24 bits per heavy atom. The summed E-state index contributed by atoms with van der Waals surface area (Å²) in [6.45, 7) is 1.96. The number of hydrogen-bond acceptors (Lipinski definition) is 5. The Balaban J connectivity index is 1.56. The molecule has 0 atom stereocenters. The van der Waals surface area contributed by atoms with Crippen molar-refractivity contribution in [1.82, 2.24) is 20.2 Å². The topological polar surface area (TPSA) is 72.7 Å². The van der Waals surface area contributed by atoms with Crippen molar-refractivity contribution in [2.75, 3.05) is 11.1 Å². The highest BCUT2D eigenvalue weighted by molar-refractivity contribution is 7.99. The predicted octanol–water partition coefficient (Wildman–Crippen LogP) is 3.75. The largest absolute Gasteiger partial charge is 0.326 e. The molecular formula is C17H16ClN5OS. The van der Waals surface area contributed by atoms with Gasteiger partial charge in [-0.1, -0.05) is 17.7 Å². The van der Waals surface area contributed by atoms with Crippen molar-refractivity contribution in [3.05, 3.63) is 59.4 Å². The van der Waals surface area contributed by atoms with E-state index in [1.807, 2.05) is 49.4 Å². The third kappa shape index (κ3) is 4.80. The van der Waals surface area contributed by atoms with Crippen LogP contribution in [0.2, 0.25) is 5.02 Å². The van der Waals surface area contributed by atoms with Gasteiger partial charge in [0.05, 0.1) is 5.69 Å². The van der Waals surface area contributed by atoms with Gasteiger partial charge in [0.15, 0.2) is 0 Å². The van der Waals surface area contributed by atoms with Crippen molar-refractivity contribution in [1.29, 1.82) is 0 Å². The zero-order valence-corrected chi connectivity index (χ0v) is 15.1. The van der Waals surface area contributed by atoms with Crippen molar-refractivity contribution >= 4 is 35.0 Å². The normalized spacial score (nSPS) is 10.6. The fourth-order valence-corrected chi connectivity index (χ4v) is 3.20. The van der Waals surface area contributed by atoms with Crippen LogP contribution in [0.15, 0.2) is 53.7 Å². The number of nitrogens with zero attached hydrogens (tertiary/aromatic N) is 4. The van der Waals surface area contributed by atoms with Crippen LogP contribution in [0.5, 0.6) is 0 Å². The molecule has 0 aliphatic heterocycles. The van der Waals surface area contributed by atoms with Gasteiger partial charge in [0.1, 0.15) is 6.33 Å². The summed E-state index contributed by atoms with van der Waals surface area (Å²) in [4.78, 5) is 13.2. The molecular weight excluding hydrogens is 358 g/mol. The number of tetrazole rings is 1. The Labute approximate surface area is 154 Å². The molecule has 3 rings (SSSR count). The maximum atomic E-state index is 12.1. The maximum Gasteiger partial charge on any atom is 0.225 e. The summed E-state index contributed by atoms with van der Waals surface area (Å²) in [5.74, 6) is 0.659. The van der Waals surface area contributed by atoms with Gasteiger partial charge in [-0.15, -0.1) is 16.9 Å². The number of aryl methyl sites for hydroxylation is 1. The standard InChI is InChI=1S/C17H16ClN5OS/c1-12-2-5-14(10-16(12)23-11-19-21-22-23)20-17(24)8-9-25-15-6-3-13(18)4-7-15/h2-7,10-11H,8-9H2,1H3,(H,20,24). The summed E-state index contributed by atoms with van der Waals surface area (Å²) in [6, 6.07) is 13.2. The molecule has 0 aliphatic carbocycles. The van der Waals surface area contributed by atoms with Crippen LogP contribution in [-0.2, 0) is 4.79 Å². The van der Waals surface area contributed by atoms with E-state index in [-0.39, 0.29) is 5.91 Å². The minimum absolute atomic E-state index is 0.0343. The van der Waals surface area contributed by atoms with E-state index in [1.54, 1.807) is 16.4 Å². The number of anilines is 1. The first-order valence-electron chi connectivity index (χ1n) is 7.64. The first-order valence-corrected chi connectivity index (χ1v) is 9.00. The lowest BCUT2D eigenvalue weighted by molar-refractivity contribution is -0.115. The highest BCUT2D eigenvalue weighted by atomic mass is 35.5. The molecule has 0 spiro atoms. The highest BCUT2D eigenvalue weighted by Gasteiger charge is 2.07. The molecule has 8 heteroatoms. The summed E-state index contributed by atoms with van der Waals surface area (Å²) in [5.41, 5.74) is 2.57. The number of carbonyl (C=O) groups excluding carboxylic acids is 1. The molecule has 6 nitrogen and oxygen atoms in total. The zero-order chi connectivity index (χ0) is 17.6. The van der Waals surface area contributed by atoms with Crippen LogP contribution in [-0.4, -0.2) is 31.9 Å². The number of aromatic nitrogens is 4. The summed E-state index contributed by atoms with van der Waals surface area (Å²) in [6.07, 6.45) is 1.94. The third-order valence-corrected chi connectivity index (χ3v) is 4.77. The molecule has 1 N–H and O–H groups in total. The van der Waals surface area contributed by atoms with Crippen LogP contribution >= 0.6 is 23.4 Å². The van der Waals surface area contributed by atoms with Gasteiger partial charge in [0.2, 0.25) is 5.91 Å². The lowest BCUT2D eigenvalue weighted by Gasteiger charge is -2.09. The molecule has 3 aromatic rings. The van der Waals surface area contributed by atoms with Gasteiger partial charge in [0, 0.05) is 27.8 Å². The number of hydrogen-bond donors (Lipinski definition) is 1. The quantitative estimate of drug-likeness (QED) is 0.666. The van der Waals surface area contributed by atoms with Crippen LogP contribution < -0.4 is 5.32 Å². The molecule has 1 amide bonds. The van der Waals surface area contributed by atoms with E-state index in [2.05, 4.69) is 20.8 Å². The van der Waals surface area contributed by atoms with E-state index in [4.69, 9.17) is 11.6 Å². The zero-order valence-electron chi connectivity index (χ0n) is 13.5. The molecule has 0 unspecified atom stereocenters. The van der Waals surface area contributed by atoms with Crippen molar-refractivity contribution in [3.63, 3.8) is 0 Å². The first kappa shape index (κ1) is 17.4. The van der Waals surface area contributed by atoms with Crippen molar-refractivity contribution in [2.45, 2.75) is 18.2 Å². The lowest BCUT2D eigenvalue weighted by Crippen LogP contribution is -2.12. The van der Waals surface area contributed by atoms with Crippen molar-refractivity contribution in [3.8, 4) is 5.69 Å². The Kier molecular flexibility index (Phi) is 5.67. The van der Waals surface area contributed by atoms with Gasteiger partial charge in [-0.2, -0.15) is 0 Å². The molecule has 128 valence electrons. The number of nitrogens with one attached hydrogen (secondary N) is 1. The van der Waals surface area contributed by atoms with Gasteiger partial charge in [-0.25, -0.2) is 4.68 Å². The Bertz CT molecular complexity index is 852. The molecule has 0 fully saturated rings. The van der Waals surface area contributed by atoms with Gasteiger partial charge in [-0.05, 0) is 59.3 Å². The molecule has 0 saturated heterocycles. The fraction of sp³-hybridized carbons (Fsp3) is 0.176. The summed E-state index contributed by atoms with van der Waals surface area (Å²) in [5, 5.41) is 14.8. The third-order valence-electron chi connectivity index (χ3n) is 3.50. The second-order valence-electron chi connectivity index (χ2n) is 5.36. The number of benzene rings is 2. The van der Waals surface area contributed by atoms with Gasteiger partial charge >= 0.3 is 0 Å². The van der Waals surface area contributed by atoms with E-state index in [0.717, 1.165) is 21.8 Å². The van der Waals surface area contributed by atoms with Crippen LogP contribution in [0.1, 0.15) is 12.0 Å². The molecule has 1 aromatic heterocycles. The first-order chi connectivity index (χ1) is 12.1. The molecule has 0 bridgehead atoms. The minimum atomic E-state index is -0.0343. The van der Waals surface area contributed by atoms with E-state index in [1.165, 1.54) is 6.33 Å². The Morgan fingerprint density at radius 3 is 2.76 bits per heavy atom. The van der Waals surface area contributed by atoms with Crippen LogP contribution in [0.3, 0.4) is 0 Å². The second-order valence-corrected chi connectivity index (χ2v) is 6.96. The van der Waals surface area contributed by atoms with Gasteiger partial charge in [0.25, 0.3) is 0 Å². The summed E-state index contributed by atoms with van der Waals surface area (Å²) >= 11 is 7.48. The second kappa shape index (κ2) is 8.13. The lowest BCUT2D eigenvalue weighted by atomic mass is 10.2. The monoisotopic (exact) mass is 373 g/mol. The minimum Gasteiger partial charge on any atom is -0.326 e. The SMILES string of the molecule is Cc1ccc(NC(=O)CCSc2ccc(Cl)cc2)cc1-n1cnnn1. The number of carbonyl (C=O) groups is 1. The smallest absolute Gasteiger partial charge is 0.225 e. The highest BCUT2D eigenvalue weighted by Crippen LogP contribution is 2.22. The van der Waals surface area contributed by atoms with E-state index in [0.29, 0.717) is 17.2 Å². The Hall–Kier alpha value is -2.38.